The van der Waals surface area contributed by atoms with Crippen molar-refractivity contribution in [3.05, 3.63) is 73.3 Å². The summed E-state index contributed by atoms with van der Waals surface area (Å²) in [6.07, 6.45) is 0. The molecule has 0 atom stereocenters. The molecule has 2 aromatic carbocycles. The summed E-state index contributed by atoms with van der Waals surface area (Å²) in [7, 11) is -2.61. The number of halogens is 2. The Bertz CT molecular complexity index is 1090. The van der Waals surface area contributed by atoms with Gasteiger partial charge in [-0.25, -0.2) is 8.42 Å². The van der Waals surface area contributed by atoms with Gasteiger partial charge in [0.25, 0.3) is 15.9 Å². The fourth-order valence-corrected chi connectivity index (χ4v) is 5.88. The van der Waals surface area contributed by atoms with Crippen molar-refractivity contribution in [1.29, 1.82) is 0 Å². The highest BCUT2D eigenvalue weighted by molar-refractivity contribution is 9.13. The van der Waals surface area contributed by atoms with Crippen LogP contribution in [0.1, 0.15) is 15.2 Å². The van der Waals surface area contributed by atoms with Crippen molar-refractivity contribution in [2.75, 3.05) is 11.4 Å². The number of aryl methyl sites for hydroxylation is 1. The maximum atomic E-state index is 13.4. The predicted octanol–water partition coefficient (Wildman–Crippen LogP) is 5.63. The lowest BCUT2D eigenvalue weighted by atomic mass is 10.2. The van der Waals surface area contributed by atoms with E-state index in [-0.39, 0.29) is 15.5 Å². The smallest absolute Gasteiger partial charge is 0.282 e. The van der Waals surface area contributed by atoms with Crippen LogP contribution in [0.4, 0.5) is 5.69 Å². The van der Waals surface area contributed by atoms with Crippen LogP contribution in [-0.2, 0) is 10.0 Å². The Hall–Kier alpha value is -1.68. The quantitative estimate of drug-likeness (QED) is 0.418. The van der Waals surface area contributed by atoms with E-state index in [2.05, 4.69) is 31.9 Å². The highest BCUT2D eigenvalue weighted by Crippen LogP contribution is 2.35. The van der Waals surface area contributed by atoms with Gasteiger partial charge in [-0.1, -0.05) is 17.7 Å². The summed E-state index contributed by atoms with van der Waals surface area (Å²) in [6.45, 7) is 1.86. The third-order valence-electron chi connectivity index (χ3n) is 3.91. The number of hydrogen-bond donors (Lipinski definition) is 0. The number of amides is 1. The predicted molar refractivity (Wildman–Crippen MR) is 118 cm³/mol. The highest BCUT2D eigenvalue weighted by atomic mass is 79.9. The van der Waals surface area contributed by atoms with E-state index in [4.69, 9.17) is 4.74 Å². The lowest BCUT2D eigenvalue weighted by Crippen LogP contribution is -2.36. The first-order valence-electron chi connectivity index (χ1n) is 7.99. The third kappa shape index (κ3) is 4.17. The molecule has 5 nitrogen and oxygen atoms in total. The summed E-state index contributed by atoms with van der Waals surface area (Å²) in [4.78, 5) is 13.6. The van der Waals surface area contributed by atoms with Crippen LogP contribution in [-0.4, -0.2) is 21.4 Å². The fourth-order valence-electron chi connectivity index (χ4n) is 2.45. The summed E-state index contributed by atoms with van der Waals surface area (Å²) in [5.41, 5.74) is 1.15. The number of rotatable bonds is 5. The minimum Gasteiger partial charge on any atom is -0.497 e. The molecule has 0 N–H and O–H groups in total. The van der Waals surface area contributed by atoms with Crippen molar-refractivity contribution in [3.8, 4) is 5.75 Å². The van der Waals surface area contributed by atoms with Gasteiger partial charge in [-0.05, 0) is 81.2 Å². The van der Waals surface area contributed by atoms with Crippen LogP contribution in [0.15, 0.2) is 67.8 Å². The Morgan fingerprint density at radius 1 is 1.04 bits per heavy atom. The number of anilines is 1. The number of methoxy groups -OCH3 is 1. The summed E-state index contributed by atoms with van der Waals surface area (Å²) in [5.74, 6) is -0.0763. The van der Waals surface area contributed by atoms with Crippen LogP contribution in [0.3, 0.4) is 0 Å². The van der Waals surface area contributed by atoms with Gasteiger partial charge < -0.3 is 4.74 Å². The molecule has 0 aliphatic carbocycles. The standard InChI is InChI=1S/C19H15Br2NO4S2/c1-12-3-9-15(10-4-12)28(24,25)22(13-5-7-14(26-2)8-6-13)19(23)17-11-16(20)18(21)27-17/h3-11H,1-2H3. The number of benzene rings is 2. The van der Waals surface area contributed by atoms with Crippen molar-refractivity contribution in [2.24, 2.45) is 0 Å². The second-order valence-corrected chi connectivity index (χ2v) is 10.8. The van der Waals surface area contributed by atoms with Crippen molar-refractivity contribution in [3.63, 3.8) is 0 Å². The van der Waals surface area contributed by atoms with Crippen molar-refractivity contribution >= 4 is 64.8 Å². The molecule has 0 aliphatic heterocycles. The van der Waals surface area contributed by atoms with Gasteiger partial charge >= 0.3 is 0 Å². The number of hydrogen-bond acceptors (Lipinski definition) is 5. The zero-order valence-electron chi connectivity index (χ0n) is 14.8. The molecule has 28 heavy (non-hydrogen) atoms. The summed E-state index contributed by atoms with van der Waals surface area (Å²) >= 11 is 7.84. The summed E-state index contributed by atoms with van der Waals surface area (Å²) in [6, 6.07) is 14.3. The lowest BCUT2D eigenvalue weighted by Gasteiger charge is -2.22. The zero-order valence-corrected chi connectivity index (χ0v) is 19.7. The van der Waals surface area contributed by atoms with Gasteiger partial charge in [0.05, 0.1) is 26.4 Å². The van der Waals surface area contributed by atoms with Gasteiger partial charge in [-0.3, -0.25) is 4.79 Å². The molecule has 0 fully saturated rings. The third-order valence-corrected chi connectivity index (χ3v) is 8.88. The van der Waals surface area contributed by atoms with Crippen molar-refractivity contribution in [1.82, 2.24) is 0 Å². The summed E-state index contributed by atoms with van der Waals surface area (Å²) in [5, 5.41) is 0. The molecule has 146 valence electrons. The number of carbonyl (C=O) groups excluding carboxylic acids is 1. The molecule has 0 saturated heterocycles. The first kappa shape index (κ1) is 21.0. The number of thiophene rings is 1. The highest BCUT2D eigenvalue weighted by Gasteiger charge is 2.33. The first-order chi connectivity index (χ1) is 13.2. The largest absolute Gasteiger partial charge is 0.497 e. The molecular weight excluding hydrogens is 530 g/mol. The average molecular weight is 545 g/mol. The van der Waals surface area contributed by atoms with Crippen LogP contribution >= 0.6 is 43.2 Å². The monoisotopic (exact) mass is 543 g/mol. The van der Waals surface area contributed by atoms with E-state index in [9.17, 15) is 13.2 Å². The number of carbonyl (C=O) groups is 1. The molecule has 3 rings (SSSR count). The molecule has 0 unspecified atom stereocenters. The van der Waals surface area contributed by atoms with Crippen LogP contribution in [0.5, 0.6) is 5.75 Å². The van der Waals surface area contributed by atoms with Gasteiger partial charge in [0, 0.05) is 4.47 Å². The van der Waals surface area contributed by atoms with Crippen LogP contribution < -0.4 is 9.04 Å². The molecule has 0 saturated carbocycles. The first-order valence-corrected chi connectivity index (χ1v) is 11.8. The summed E-state index contributed by atoms with van der Waals surface area (Å²) < 4.78 is 34.1. The van der Waals surface area contributed by atoms with E-state index in [1.165, 1.54) is 19.2 Å². The number of ether oxygens (including phenoxy) is 1. The fraction of sp³-hybridized carbons (Fsp3) is 0.105. The van der Waals surface area contributed by atoms with E-state index < -0.39 is 15.9 Å². The van der Waals surface area contributed by atoms with E-state index in [1.54, 1.807) is 42.5 Å². The van der Waals surface area contributed by atoms with Gasteiger partial charge in [0.2, 0.25) is 0 Å². The number of nitrogens with zero attached hydrogens (tertiary/aromatic N) is 1. The van der Waals surface area contributed by atoms with Gasteiger partial charge in [0.15, 0.2) is 0 Å². The average Bonchev–Trinajstić information content (AvgIpc) is 3.01. The van der Waals surface area contributed by atoms with Crippen LogP contribution in [0.2, 0.25) is 0 Å². The second-order valence-electron chi connectivity index (χ2n) is 5.82. The molecule has 0 aliphatic rings. The van der Waals surface area contributed by atoms with Gasteiger partial charge in [0.1, 0.15) is 5.75 Å². The lowest BCUT2D eigenvalue weighted by molar-refractivity contribution is 0.101. The molecule has 0 radical (unpaired) electrons. The molecule has 0 bridgehead atoms. The molecule has 9 heteroatoms. The Kier molecular flexibility index (Phi) is 6.28. The zero-order chi connectivity index (χ0) is 20.5. The van der Waals surface area contributed by atoms with Gasteiger partial charge in [-0.2, -0.15) is 4.31 Å². The Balaban J connectivity index is 2.15. The van der Waals surface area contributed by atoms with Crippen molar-refractivity contribution < 1.29 is 17.9 Å². The SMILES string of the molecule is COc1ccc(N(C(=O)c2cc(Br)c(Br)s2)S(=O)(=O)c2ccc(C)cc2)cc1. The maximum absolute atomic E-state index is 13.4. The molecule has 1 aromatic heterocycles. The van der Waals surface area contributed by atoms with E-state index in [0.717, 1.165) is 21.2 Å². The topological polar surface area (TPSA) is 63.7 Å². The molecule has 3 aromatic rings. The molecule has 0 spiro atoms. The maximum Gasteiger partial charge on any atom is 0.282 e. The van der Waals surface area contributed by atoms with E-state index >= 15 is 0 Å². The Morgan fingerprint density at radius 3 is 2.14 bits per heavy atom. The number of sulfonamides is 1. The Labute approximate surface area is 184 Å². The Morgan fingerprint density at radius 2 is 1.64 bits per heavy atom. The second kappa shape index (κ2) is 8.36. The molecule has 1 heterocycles. The minimum absolute atomic E-state index is 0.0388. The van der Waals surface area contributed by atoms with E-state index in [1.807, 2.05) is 6.92 Å². The van der Waals surface area contributed by atoms with Crippen LogP contribution in [0, 0.1) is 6.92 Å². The normalized spacial score (nSPS) is 11.3. The van der Waals surface area contributed by atoms with Gasteiger partial charge in [-0.15, -0.1) is 11.3 Å². The molecule has 1 amide bonds. The minimum atomic E-state index is -4.12. The van der Waals surface area contributed by atoms with Crippen molar-refractivity contribution in [2.45, 2.75) is 11.8 Å². The van der Waals surface area contributed by atoms with Crippen LogP contribution in [0.25, 0.3) is 0 Å². The molecular formula is C19H15Br2NO4S2. The van der Waals surface area contributed by atoms with E-state index in [0.29, 0.717) is 14.0 Å².